The van der Waals surface area contributed by atoms with Crippen LogP contribution >= 0.6 is 8.60 Å². The second-order valence-corrected chi connectivity index (χ2v) is 16.5. The van der Waals surface area contributed by atoms with Crippen LogP contribution in [0, 0.1) is 10.1 Å². The lowest BCUT2D eigenvalue weighted by Gasteiger charge is -2.24. The van der Waals surface area contributed by atoms with Crippen LogP contribution in [0.5, 0.6) is 0 Å². The summed E-state index contributed by atoms with van der Waals surface area (Å²) in [6, 6.07) is 4.20. The summed E-state index contributed by atoms with van der Waals surface area (Å²) < 4.78 is 22.6. The molecule has 1 unspecified atom stereocenters. The minimum Gasteiger partial charge on any atom is -0.462 e. The number of azide groups is 1. The van der Waals surface area contributed by atoms with Gasteiger partial charge in [-0.15, -0.1) is 0 Å². The van der Waals surface area contributed by atoms with Crippen molar-refractivity contribution in [2.75, 3.05) is 59.4 Å². The third kappa shape index (κ3) is 29.2. The largest absolute Gasteiger partial charge is 0.462 e. The number of carbonyl (C=O) groups is 2. The van der Waals surface area contributed by atoms with E-state index in [0.717, 1.165) is 70.6 Å². The molecule has 1 rings (SSSR count). The molecule has 0 aromatic heterocycles. The molecule has 0 radical (unpaired) electrons. The van der Waals surface area contributed by atoms with Crippen molar-refractivity contribution in [1.82, 2.24) is 0 Å². The van der Waals surface area contributed by atoms with Crippen molar-refractivity contribution < 1.29 is 42.4 Å². The molecule has 2 atom stereocenters. The van der Waals surface area contributed by atoms with E-state index in [0.29, 0.717) is 42.7 Å². The van der Waals surface area contributed by atoms with Gasteiger partial charge in [-0.05, 0) is 30.9 Å². The fourth-order valence-electron chi connectivity index (χ4n) is 5.90. The number of nitrogens with zero attached hydrogens (tertiary/aromatic N) is 5. The number of benzene rings is 1. The number of hydrogen-bond acceptors (Lipinski definition) is 11. The number of nitro benzene ring substituents is 1. The lowest BCUT2D eigenvalue weighted by atomic mass is 10.1. The normalized spacial score (nSPS) is 12.4. The molecule has 0 heterocycles. The van der Waals surface area contributed by atoms with Crippen LogP contribution in [0.25, 0.3) is 10.4 Å². The van der Waals surface area contributed by atoms with Gasteiger partial charge in [-0.1, -0.05) is 121 Å². The number of anilines is 1. The molecular weight excluding hydrogens is 739 g/mol. The highest BCUT2D eigenvalue weighted by molar-refractivity contribution is 7.40. The van der Waals surface area contributed by atoms with Crippen LogP contribution in [0.15, 0.2) is 23.3 Å². The molecule has 56 heavy (non-hydrogen) atoms. The summed E-state index contributed by atoms with van der Waals surface area (Å²) in [7, 11) is 3.90. The molecule has 0 amide bonds. The van der Waals surface area contributed by atoms with Gasteiger partial charge in [0.15, 0.2) is 6.10 Å². The van der Waals surface area contributed by atoms with Gasteiger partial charge in [-0.3, -0.25) is 19.7 Å². The number of nitrogens with one attached hydrogen (secondary N) is 1. The van der Waals surface area contributed by atoms with Gasteiger partial charge in [-0.2, -0.15) is 0 Å². The fraction of sp³-hybridized carbons (Fsp3) is 0.800. The Morgan fingerprint density at radius 1 is 0.839 bits per heavy atom. The van der Waals surface area contributed by atoms with Crippen molar-refractivity contribution in [3.63, 3.8) is 0 Å². The average molecular weight is 812 g/mol. The summed E-state index contributed by atoms with van der Waals surface area (Å²) >= 11 is 0. The van der Waals surface area contributed by atoms with E-state index in [1.54, 1.807) is 6.07 Å². The number of unbranched alkanes of at least 4 members (excludes halogenated alkanes) is 18. The Bertz CT molecular complexity index is 1260. The van der Waals surface area contributed by atoms with Gasteiger partial charge in [0.05, 0.1) is 38.4 Å². The monoisotopic (exact) mass is 812 g/mol. The van der Waals surface area contributed by atoms with E-state index >= 15 is 0 Å². The maximum Gasteiger partial charge on any atom is 0.330 e. The Hall–Kier alpha value is -3.06. The molecule has 2 N–H and O–H groups in total. The number of carbonyl (C=O) groups excluding carboxylic acids is 2. The van der Waals surface area contributed by atoms with Crippen molar-refractivity contribution >= 4 is 37.6 Å². The number of esters is 2. The van der Waals surface area contributed by atoms with Crippen molar-refractivity contribution in [1.29, 1.82) is 0 Å². The summed E-state index contributed by atoms with van der Waals surface area (Å²) in [4.78, 5) is 48.6. The molecule has 0 bridgehead atoms. The van der Waals surface area contributed by atoms with Gasteiger partial charge in [0, 0.05) is 42.1 Å². The first-order chi connectivity index (χ1) is 26.9. The number of nitro groups is 1. The van der Waals surface area contributed by atoms with E-state index in [-0.39, 0.29) is 42.9 Å². The van der Waals surface area contributed by atoms with Gasteiger partial charge in [0.1, 0.15) is 19.8 Å². The molecular formula is C40H72N6O9P+. The first-order valence-corrected chi connectivity index (χ1v) is 22.1. The summed E-state index contributed by atoms with van der Waals surface area (Å²) in [5.74, 6) is -0.714. The summed E-state index contributed by atoms with van der Waals surface area (Å²) in [5, 5.41) is 17.7. The van der Waals surface area contributed by atoms with Crippen LogP contribution in [0.3, 0.4) is 0 Å². The fourth-order valence-corrected chi connectivity index (χ4v) is 6.50. The van der Waals surface area contributed by atoms with Crippen LogP contribution in [0.4, 0.5) is 17.1 Å². The number of quaternary nitrogens is 1. The predicted octanol–water partition coefficient (Wildman–Crippen LogP) is 11.0. The predicted molar refractivity (Wildman–Crippen MR) is 222 cm³/mol. The molecule has 0 fully saturated rings. The number of likely N-dealkylation sites (N-methyl/N-ethyl adjacent to an activating group) is 1. The van der Waals surface area contributed by atoms with Crippen molar-refractivity contribution in [2.24, 2.45) is 5.11 Å². The van der Waals surface area contributed by atoms with Gasteiger partial charge < -0.3 is 33.2 Å². The Morgan fingerprint density at radius 2 is 1.38 bits per heavy atom. The molecule has 320 valence electrons. The zero-order valence-electron chi connectivity index (χ0n) is 34.8. The van der Waals surface area contributed by atoms with Crippen molar-refractivity contribution in [2.45, 2.75) is 154 Å². The quantitative estimate of drug-likeness (QED) is 0.00751. The van der Waals surface area contributed by atoms with E-state index in [4.69, 9.17) is 24.1 Å². The van der Waals surface area contributed by atoms with Gasteiger partial charge in [0.2, 0.25) is 0 Å². The molecule has 15 nitrogen and oxygen atoms in total. The number of ether oxygens (including phenoxy) is 2. The lowest BCUT2D eigenvalue weighted by molar-refractivity contribution is -0.870. The van der Waals surface area contributed by atoms with Crippen LogP contribution < -0.4 is 5.32 Å². The third-order valence-electron chi connectivity index (χ3n) is 9.27. The van der Waals surface area contributed by atoms with Crippen LogP contribution in [0.2, 0.25) is 0 Å². The molecule has 1 aromatic carbocycles. The molecule has 0 aliphatic carbocycles. The number of rotatable bonds is 37. The van der Waals surface area contributed by atoms with E-state index < -0.39 is 19.6 Å². The van der Waals surface area contributed by atoms with Gasteiger partial charge >= 0.3 is 20.5 Å². The molecule has 0 saturated carbocycles. The first kappa shape index (κ1) is 51.0. The van der Waals surface area contributed by atoms with E-state index in [1.165, 1.54) is 63.5 Å². The first-order valence-electron chi connectivity index (χ1n) is 20.9. The molecule has 0 spiro atoms. The van der Waals surface area contributed by atoms with E-state index in [2.05, 4.69) is 22.3 Å². The summed E-state index contributed by atoms with van der Waals surface area (Å²) in [6.45, 7) is 3.64. The highest BCUT2D eigenvalue weighted by atomic mass is 31.2. The Balaban J connectivity index is 2.28. The number of hydrogen-bond donors (Lipinski definition) is 2. The Labute approximate surface area is 336 Å². The van der Waals surface area contributed by atoms with Crippen LogP contribution in [-0.2, 0) is 28.1 Å². The summed E-state index contributed by atoms with van der Waals surface area (Å²) in [5.41, 5.74) is 9.43. The molecule has 0 aliphatic rings. The minimum atomic E-state index is -2.16. The Kier molecular flexibility index (Phi) is 30.0. The topological polar surface area (TPSA) is 195 Å². The second kappa shape index (κ2) is 33.0. The van der Waals surface area contributed by atoms with Crippen LogP contribution in [-0.4, -0.2) is 86.4 Å². The highest BCUT2D eigenvalue weighted by Crippen LogP contribution is 2.33. The lowest BCUT2D eigenvalue weighted by Crippen LogP contribution is -2.37. The Morgan fingerprint density at radius 3 is 1.91 bits per heavy atom. The third-order valence-corrected chi connectivity index (χ3v) is 10.0. The molecule has 0 aliphatic heterocycles. The van der Waals surface area contributed by atoms with Crippen molar-refractivity contribution in [3.8, 4) is 0 Å². The van der Waals surface area contributed by atoms with Crippen LogP contribution in [0.1, 0.15) is 148 Å². The van der Waals surface area contributed by atoms with E-state index in [9.17, 15) is 24.6 Å². The highest BCUT2D eigenvalue weighted by Gasteiger charge is 2.21. The zero-order valence-corrected chi connectivity index (χ0v) is 35.7. The smallest absolute Gasteiger partial charge is 0.330 e. The molecule has 1 aromatic rings. The molecule has 16 heteroatoms. The standard InChI is InChI=1S/C40H72N6O9P/c1-5-6-7-8-9-10-11-13-16-19-22-25-39(47)52-33-36(34-54-56(51)53-31-30-46(2,3)4)55-40(48)26-23-20-17-14-12-15-18-21-24-29-42-37-28-27-35(45(49)50)32-38(37)43-44-41/h27-28,32,36,42,51H,5-26,29-31,33-34H2,1-4H3/q+1/t36-,56?/m1/s1. The average Bonchev–Trinajstić information content (AvgIpc) is 3.15. The van der Waals surface area contributed by atoms with Gasteiger partial charge in [-0.25, -0.2) is 0 Å². The zero-order chi connectivity index (χ0) is 41.3. The maximum absolute atomic E-state index is 12.7. The molecule has 0 saturated heterocycles. The van der Waals surface area contributed by atoms with Crippen molar-refractivity contribution in [3.05, 3.63) is 38.8 Å². The minimum absolute atomic E-state index is 0.123. The SMILES string of the molecule is CCCCCCCCCCCCCC(=O)OC[C@H](COP(O)OCC[N+](C)(C)C)OC(=O)CCCCCCCCCCCNc1ccc([N+](=O)[O-])cc1N=[N+]=[N-]. The maximum atomic E-state index is 12.7. The number of non-ortho nitro benzene ring substituents is 1. The van der Waals surface area contributed by atoms with Gasteiger partial charge in [0.25, 0.3) is 5.69 Å². The second-order valence-electron chi connectivity index (χ2n) is 15.5. The van der Waals surface area contributed by atoms with E-state index in [1.807, 2.05) is 21.1 Å². The summed E-state index contributed by atoms with van der Waals surface area (Å²) in [6.07, 6.45) is 21.8.